The van der Waals surface area contributed by atoms with Crippen molar-refractivity contribution in [2.45, 2.75) is 560 Å². The Morgan fingerprint density at radius 3 is 0.890 bits per heavy atom. The molecule has 23 unspecified atom stereocenters. The van der Waals surface area contributed by atoms with Crippen LogP contribution < -0.4 is 0 Å². The van der Waals surface area contributed by atoms with E-state index in [0.29, 0.717) is 96.3 Å². The van der Waals surface area contributed by atoms with Crippen LogP contribution in [0.4, 0.5) is 0 Å². The van der Waals surface area contributed by atoms with Crippen LogP contribution in [0.25, 0.3) is 0 Å². The standard InChI is InChI=1S/5C27H46O2/c1-17(2)25(29)11-6-18(3)22-9-10-23-21-8-7-19-16-20(28)12-14-26(19,4)24(21)13-15-27(22,23)5;1-17(2)6-11-25(29)18(3)22-9-10-23-21-8-7-19-16-20(28)12-14-26(19,4)24(21)13-15-27(22,23)5;1-18(7-6-14-25(2,3)29)22-10-11-23-21-9-8-19-17-20(28)12-15-26(19,4)24(21)13-16-27(22,23)5;1-18(2)7-6-14-27(5,29)24-11-10-22-21-9-8-19-17-20(28)12-15-25(19,3)23(21)13-16-26(22,24)4;1-18(17-28)6-5-7-19(2)23-10-11-24-22-9-8-20-16-21(29)12-14-26(20,3)25(22)13-15-27(23,24)4/h2*7,17-18,20-25,28-29H,6,8-16H2,1-5H3;2*8,18,20-24,28-29H,6-7,9-17H2,1-5H3;8,18-19,21-25,28-29H,5-7,9-17H2,1-4H3/t18-,20+,21?,22?,23?,24?,25?,26+,27-;18-,20-,21?,22?,23?,24?,25?,26-,27+;18-,20+,21?,22?,23?,24?,26+,27-;20-,21?,22?,23?,24?,25-,26-,27-;18?,19-,21+,22?,23?,24?,25?,26+,27-/m10101/s1. The molecule has 145 heavy (non-hydrogen) atoms. The van der Waals surface area contributed by atoms with Crippen LogP contribution in [-0.4, -0.2) is 112 Å². The summed E-state index contributed by atoms with van der Waals surface area (Å²) in [7, 11) is 0. The average Bonchev–Trinajstić information content (AvgIpc) is 1.60. The normalized spacial score (nSPS) is 46.3. The average molecular weight is 2010 g/mol. The van der Waals surface area contributed by atoms with Crippen LogP contribution in [0.5, 0.6) is 0 Å². The van der Waals surface area contributed by atoms with Gasteiger partial charge >= 0.3 is 0 Å². The van der Waals surface area contributed by atoms with Gasteiger partial charge in [0.25, 0.3) is 0 Å². The molecule has 0 aromatic carbocycles. The molecule has 10 heteroatoms. The van der Waals surface area contributed by atoms with Crippen molar-refractivity contribution in [1.82, 2.24) is 0 Å². The maximum Gasteiger partial charge on any atom is 0.0653 e. The van der Waals surface area contributed by atoms with Crippen molar-refractivity contribution >= 4 is 0 Å². The van der Waals surface area contributed by atoms with Crippen LogP contribution in [0.15, 0.2) is 58.2 Å². The van der Waals surface area contributed by atoms with Gasteiger partial charge in [0.15, 0.2) is 0 Å². The van der Waals surface area contributed by atoms with Gasteiger partial charge in [-0.2, -0.15) is 0 Å². The molecule has 830 valence electrons. The van der Waals surface area contributed by atoms with Crippen LogP contribution in [0, 0.1) is 220 Å². The summed E-state index contributed by atoms with van der Waals surface area (Å²) in [6.45, 7) is 57.5. The fourth-order valence-corrected chi connectivity index (χ4v) is 43.2. The predicted octanol–water partition coefficient (Wildman–Crippen LogP) is 32.1. The monoisotopic (exact) mass is 2010 g/mol. The molecule has 15 fully saturated rings. The highest BCUT2D eigenvalue weighted by atomic mass is 16.3. The van der Waals surface area contributed by atoms with Crippen molar-refractivity contribution < 1.29 is 51.1 Å². The van der Waals surface area contributed by atoms with Crippen LogP contribution in [-0.2, 0) is 0 Å². The van der Waals surface area contributed by atoms with Gasteiger partial charge in [-0.05, 0) is 542 Å². The van der Waals surface area contributed by atoms with Crippen LogP contribution >= 0.6 is 0 Å². The van der Waals surface area contributed by atoms with Gasteiger partial charge in [0.1, 0.15) is 0 Å². The van der Waals surface area contributed by atoms with Crippen molar-refractivity contribution in [1.29, 1.82) is 0 Å². The zero-order valence-electron chi connectivity index (χ0n) is 98.2. The van der Waals surface area contributed by atoms with Crippen molar-refractivity contribution in [2.24, 2.45) is 220 Å². The van der Waals surface area contributed by atoms with E-state index >= 15 is 0 Å². The first kappa shape index (κ1) is 116. The van der Waals surface area contributed by atoms with Gasteiger partial charge in [0.05, 0.1) is 53.9 Å². The quantitative estimate of drug-likeness (QED) is 0.0372. The largest absolute Gasteiger partial charge is 0.396 e. The van der Waals surface area contributed by atoms with Gasteiger partial charge in [-0.25, -0.2) is 0 Å². The Bertz CT molecular complexity index is 4380. The number of hydrogen-bond acceptors (Lipinski definition) is 10. The summed E-state index contributed by atoms with van der Waals surface area (Å²) in [5.41, 5.74) is 10.9. The Kier molecular flexibility index (Phi) is 36.5. The minimum atomic E-state index is -0.519. The van der Waals surface area contributed by atoms with E-state index in [9.17, 15) is 51.1 Å². The van der Waals surface area contributed by atoms with Crippen molar-refractivity contribution in [2.75, 3.05) is 6.61 Å². The van der Waals surface area contributed by atoms with E-state index in [2.05, 4.69) is 183 Å². The highest BCUT2D eigenvalue weighted by Gasteiger charge is 2.67. The SMILES string of the molecule is CC(C)C(O)CC[C@@H](C)C1CCC2C3CC=C4C[C@@H](O)CC[C@]4(C)C3CC[C@@]21C.CC(C)CCC(O)[C@@H](C)C1CCC2C3CC=C4C[C@@H](O)CC[C@]4(C)C3CC[C@@]21C.CC(C)CCC[C@](C)(O)C1CCC2C3CC=C4C[C@@H](O)CC[C@]4(C)C3CC[C@@]21C.CC(CO)CCC[C@@H](C)C1CCC2C3CC=C4C[C@@H](O)CC[C@]4(C)C3CC[C@@]21C.C[C@H](CCCC(C)(C)O)C1CCC2C3CC=C4C[C@@H](O)CC[C@]4(C)C3CC[C@@]21C. The minimum Gasteiger partial charge on any atom is -0.396 e. The summed E-state index contributed by atoms with van der Waals surface area (Å²) in [5.74, 6) is 21.4. The Morgan fingerprint density at radius 2 is 0.572 bits per heavy atom. The van der Waals surface area contributed by atoms with E-state index in [4.69, 9.17) is 0 Å². The smallest absolute Gasteiger partial charge is 0.0653 e. The topological polar surface area (TPSA) is 202 Å². The van der Waals surface area contributed by atoms with Gasteiger partial charge in [-0.3, -0.25) is 0 Å². The zero-order chi connectivity index (χ0) is 105. The van der Waals surface area contributed by atoms with E-state index in [1.54, 1.807) is 27.9 Å². The van der Waals surface area contributed by atoms with E-state index in [0.717, 1.165) is 239 Å². The summed E-state index contributed by atoms with van der Waals surface area (Å²) in [6, 6.07) is 0. The lowest BCUT2D eigenvalue weighted by molar-refractivity contribution is -0.105. The molecule has 0 radical (unpaired) electrons. The first-order valence-corrected chi connectivity index (χ1v) is 63.5. The summed E-state index contributed by atoms with van der Waals surface area (Å²) in [6.07, 6.45) is 76.0. The second-order valence-electron chi connectivity index (χ2n) is 61.7. The number of allylic oxidation sites excluding steroid dienone is 5. The Hall–Kier alpha value is -1.70. The summed E-state index contributed by atoms with van der Waals surface area (Å²) < 4.78 is 0. The fourth-order valence-electron chi connectivity index (χ4n) is 43.2. The third kappa shape index (κ3) is 22.8. The fraction of sp³-hybridized carbons (Fsp3) is 0.926. The second kappa shape index (κ2) is 45.7. The van der Waals surface area contributed by atoms with Gasteiger partial charge in [-0.15, -0.1) is 0 Å². The summed E-state index contributed by atoms with van der Waals surface area (Å²) >= 11 is 0. The minimum absolute atomic E-state index is 0.0926. The first-order valence-electron chi connectivity index (χ1n) is 63.5. The van der Waals surface area contributed by atoms with Crippen molar-refractivity contribution in [3.63, 3.8) is 0 Å². The van der Waals surface area contributed by atoms with Crippen LogP contribution in [0.3, 0.4) is 0 Å². The van der Waals surface area contributed by atoms with Gasteiger partial charge < -0.3 is 51.1 Å². The van der Waals surface area contributed by atoms with Gasteiger partial charge in [-0.1, -0.05) is 242 Å². The molecule has 0 aromatic heterocycles. The number of aliphatic hydroxyl groups excluding tert-OH is 8. The molecular weight excluding hydrogens is 1780 g/mol. The maximum absolute atomic E-state index is 11.6. The molecule has 0 amide bonds. The van der Waals surface area contributed by atoms with Crippen molar-refractivity contribution in [3.8, 4) is 0 Å². The highest BCUT2D eigenvalue weighted by Crippen LogP contribution is 2.75. The third-order valence-corrected chi connectivity index (χ3v) is 52.0. The number of rotatable bonds is 26. The highest BCUT2D eigenvalue weighted by molar-refractivity contribution is 5.32. The molecule has 15 saturated carbocycles. The number of aliphatic hydroxyl groups is 10. The van der Waals surface area contributed by atoms with Crippen LogP contribution in [0.2, 0.25) is 0 Å². The lowest BCUT2D eigenvalue weighted by atomic mass is 9.46. The second-order valence-corrected chi connectivity index (χ2v) is 61.7. The Balaban J connectivity index is 0.000000130. The molecule has 0 bridgehead atoms. The Labute approximate surface area is 890 Å². The molecule has 0 saturated heterocycles. The molecule has 10 N–H and O–H groups in total. The molecule has 20 rings (SSSR count). The van der Waals surface area contributed by atoms with E-state index in [-0.39, 0.29) is 42.7 Å². The third-order valence-electron chi connectivity index (χ3n) is 52.0. The summed E-state index contributed by atoms with van der Waals surface area (Å²) in [5, 5.41) is 103. The molecule has 0 aliphatic heterocycles. The lowest BCUT2D eigenvalue weighted by Gasteiger charge is -2.59. The van der Waals surface area contributed by atoms with E-state index in [1.807, 2.05) is 13.8 Å². The van der Waals surface area contributed by atoms with E-state index < -0.39 is 11.2 Å². The lowest BCUT2D eigenvalue weighted by Crippen LogP contribution is -2.53. The molecule has 43 atom stereocenters. The number of hydrogen-bond donors (Lipinski definition) is 10. The molecule has 10 nitrogen and oxygen atoms in total. The van der Waals surface area contributed by atoms with Crippen molar-refractivity contribution in [3.05, 3.63) is 58.2 Å². The predicted molar refractivity (Wildman–Crippen MR) is 602 cm³/mol. The molecule has 20 aliphatic carbocycles. The van der Waals surface area contributed by atoms with E-state index in [1.165, 1.54) is 231 Å². The molecule has 0 aromatic rings. The summed E-state index contributed by atoms with van der Waals surface area (Å²) in [4.78, 5) is 0. The maximum atomic E-state index is 11.6. The zero-order valence-corrected chi connectivity index (χ0v) is 98.2. The number of fused-ring (bicyclic) bond motifs is 25. The molecular formula is C135H230O10. The van der Waals surface area contributed by atoms with Gasteiger partial charge in [0, 0.05) is 6.61 Å². The molecule has 0 heterocycles. The van der Waals surface area contributed by atoms with Gasteiger partial charge in [0.2, 0.25) is 0 Å². The molecule has 0 spiro atoms. The molecule has 20 aliphatic rings. The Morgan fingerprint density at radius 1 is 0.290 bits per heavy atom. The first-order chi connectivity index (χ1) is 68.2. The van der Waals surface area contributed by atoms with Crippen LogP contribution in [0.1, 0.15) is 506 Å².